The van der Waals surface area contributed by atoms with Crippen molar-refractivity contribution in [2.24, 2.45) is 0 Å². The third kappa shape index (κ3) is 3.61. The summed E-state index contributed by atoms with van der Waals surface area (Å²) in [4.78, 5) is 4.08. The number of thiophene rings is 1. The number of rotatable bonds is 3. The maximum absolute atomic E-state index is 10.2. The molecule has 2 aromatic heterocycles. The van der Waals surface area contributed by atoms with Crippen molar-refractivity contribution in [3.05, 3.63) is 47.7 Å². The molecule has 1 N–H and O–H groups in total. The Hall–Kier alpha value is 0.250. The molecule has 1 atom stereocenters. The van der Waals surface area contributed by atoms with Crippen molar-refractivity contribution >= 4 is 59.1 Å². The SMILES string of the molecule is OC(Cc1cncc(Br)c1)c1cc(Br)sc1Br. The number of hydrogen-bond acceptors (Lipinski definition) is 3. The Kier molecular flexibility index (Phi) is 4.77. The molecule has 90 valence electrons. The molecule has 0 amide bonds. The molecule has 2 nitrogen and oxygen atoms in total. The highest BCUT2D eigenvalue weighted by Gasteiger charge is 2.15. The predicted octanol–water partition coefficient (Wildman–Crippen LogP) is 4.71. The topological polar surface area (TPSA) is 33.1 Å². The van der Waals surface area contributed by atoms with Gasteiger partial charge in [-0.05, 0) is 65.5 Å². The summed E-state index contributed by atoms with van der Waals surface area (Å²) < 4.78 is 2.89. The van der Waals surface area contributed by atoms with Crippen molar-refractivity contribution < 1.29 is 5.11 Å². The molecule has 0 aliphatic carbocycles. The highest BCUT2D eigenvalue weighted by atomic mass is 79.9. The molecule has 0 aromatic carbocycles. The lowest BCUT2D eigenvalue weighted by atomic mass is 10.1. The average Bonchev–Trinajstić information content (AvgIpc) is 2.58. The van der Waals surface area contributed by atoms with E-state index in [0.717, 1.165) is 23.2 Å². The highest BCUT2D eigenvalue weighted by molar-refractivity contribution is 9.12. The Labute approximate surface area is 128 Å². The van der Waals surface area contributed by atoms with Gasteiger partial charge in [0.05, 0.1) is 13.7 Å². The van der Waals surface area contributed by atoms with E-state index in [0.29, 0.717) is 6.42 Å². The average molecular weight is 442 g/mol. The van der Waals surface area contributed by atoms with Crippen LogP contribution in [0.1, 0.15) is 17.2 Å². The Morgan fingerprint density at radius 1 is 1.24 bits per heavy atom. The van der Waals surface area contributed by atoms with Gasteiger partial charge in [0, 0.05) is 28.9 Å². The number of hydrogen-bond donors (Lipinski definition) is 1. The molecule has 0 aliphatic heterocycles. The van der Waals surface area contributed by atoms with E-state index in [1.165, 1.54) is 0 Å². The van der Waals surface area contributed by atoms with Gasteiger partial charge in [-0.2, -0.15) is 0 Å². The summed E-state index contributed by atoms with van der Waals surface area (Å²) in [6.07, 6.45) is 3.52. The predicted molar refractivity (Wildman–Crippen MR) is 80.3 cm³/mol. The molecule has 2 heterocycles. The van der Waals surface area contributed by atoms with E-state index in [1.807, 2.05) is 12.1 Å². The quantitative estimate of drug-likeness (QED) is 0.748. The van der Waals surface area contributed by atoms with Gasteiger partial charge in [-0.15, -0.1) is 11.3 Å². The second-order valence-electron chi connectivity index (χ2n) is 3.51. The van der Waals surface area contributed by atoms with Crippen LogP contribution in [0.3, 0.4) is 0 Å². The van der Waals surface area contributed by atoms with Crippen molar-refractivity contribution in [3.63, 3.8) is 0 Å². The molecular weight excluding hydrogens is 434 g/mol. The number of aliphatic hydroxyl groups excluding tert-OH is 1. The highest BCUT2D eigenvalue weighted by Crippen LogP contribution is 2.36. The molecule has 17 heavy (non-hydrogen) atoms. The number of nitrogens with zero attached hydrogens (tertiary/aromatic N) is 1. The van der Waals surface area contributed by atoms with Gasteiger partial charge in [0.1, 0.15) is 0 Å². The van der Waals surface area contributed by atoms with Crippen LogP contribution in [0, 0.1) is 0 Å². The summed E-state index contributed by atoms with van der Waals surface area (Å²) >= 11 is 11.8. The second kappa shape index (κ2) is 5.93. The molecule has 2 aromatic rings. The minimum Gasteiger partial charge on any atom is -0.388 e. The first-order chi connectivity index (χ1) is 8.06. The third-order valence-electron chi connectivity index (χ3n) is 2.23. The first-order valence-corrected chi connectivity index (χ1v) is 7.98. The Morgan fingerprint density at radius 3 is 2.59 bits per heavy atom. The molecular formula is C11H8Br3NOS. The Bertz CT molecular complexity index is 529. The molecule has 0 fully saturated rings. The van der Waals surface area contributed by atoms with Gasteiger partial charge in [0.25, 0.3) is 0 Å². The van der Waals surface area contributed by atoms with E-state index >= 15 is 0 Å². The van der Waals surface area contributed by atoms with Crippen molar-refractivity contribution in [1.29, 1.82) is 0 Å². The van der Waals surface area contributed by atoms with Gasteiger partial charge in [0.2, 0.25) is 0 Å². The van der Waals surface area contributed by atoms with Crippen LogP contribution >= 0.6 is 59.1 Å². The lowest BCUT2D eigenvalue weighted by molar-refractivity contribution is 0.178. The smallest absolute Gasteiger partial charge is 0.0850 e. The van der Waals surface area contributed by atoms with E-state index in [2.05, 4.69) is 52.8 Å². The summed E-state index contributed by atoms with van der Waals surface area (Å²) in [6.45, 7) is 0. The third-order valence-corrected chi connectivity index (χ3v) is 5.05. The van der Waals surface area contributed by atoms with E-state index in [-0.39, 0.29) is 0 Å². The van der Waals surface area contributed by atoms with Crippen LogP contribution in [0.4, 0.5) is 0 Å². The second-order valence-corrected chi connectivity index (χ2v) is 8.18. The summed E-state index contributed by atoms with van der Waals surface area (Å²) in [7, 11) is 0. The Morgan fingerprint density at radius 2 is 2.00 bits per heavy atom. The zero-order chi connectivity index (χ0) is 12.4. The molecule has 0 bridgehead atoms. The monoisotopic (exact) mass is 439 g/mol. The Balaban J connectivity index is 2.16. The maximum Gasteiger partial charge on any atom is 0.0850 e. The van der Waals surface area contributed by atoms with Crippen LogP contribution in [0.15, 0.2) is 36.6 Å². The summed E-state index contributed by atoms with van der Waals surface area (Å²) in [5, 5.41) is 10.2. The van der Waals surface area contributed by atoms with Crippen LogP contribution in [-0.4, -0.2) is 10.1 Å². The van der Waals surface area contributed by atoms with Gasteiger partial charge in [0.15, 0.2) is 0 Å². The zero-order valence-corrected chi connectivity index (χ0v) is 14.1. The molecule has 6 heteroatoms. The van der Waals surface area contributed by atoms with Crippen molar-refractivity contribution in [2.45, 2.75) is 12.5 Å². The van der Waals surface area contributed by atoms with Crippen LogP contribution in [0.2, 0.25) is 0 Å². The molecule has 0 saturated carbocycles. The fraction of sp³-hybridized carbons (Fsp3) is 0.182. The standard InChI is InChI=1S/C11H8Br3NOS/c12-7-1-6(4-15-5-7)2-9(16)8-3-10(13)17-11(8)14/h1,3-5,9,16H,2H2. The summed E-state index contributed by atoms with van der Waals surface area (Å²) in [6, 6.07) is 3.90. The minimum absolute atomic E-state index is 0.525. The van der Waals surface area contributed by atoms with E-state index in [9.17, 15) is 5.11 Å². The van der Waals surface area contributed by atoms with Gasteiger partial charge in [-0.1, -0.05) is 0 Å². The lowest BCUT2D eigenvalue weighted by Gasteiger charge is -2.09. The number of aliphatic hydroxyl groups is 1. The van der Waals surface area contributed by atoms with Crippen molar-refractivity contribution in [3.8, 4) is 0 Å². The minimum atomic E-state index is -0.525. The van der Waals surface area contributed by atoms with E-state index < -0.39 is 6.10 Å². The zero-order valence-electron chi connectivity index (χ0n) is 8.53. The first kappa shape index (κ1) is 13.7. The normalized spacial score (nSPS) is 12.7. The largest absolute Gasteiger partial charge is 0.388 e. The molecule has 0 radical (unpaired) electrons. The number of halogens is 3. The van der Waals surface area contributed by atoms with E-state index in [1.54, 1.807) is 23.7 Å². The summed E-state index contributed by atoms with van der Waals surface area (Å²) in [5.74, 6) is 0. The molecule has 1 unspecified atom stereocenters. The van der Waals surface area contributed by atoms with Gasteiger partial charge >= 0.3 is 0 Å². The fourth-order valence-electron chi connectivity index (χ4n) is 1.48. The fourth-order valence-corrected chi connectivity index (χ4v) is 4.85. The van der Waals surface area contributed by atoms with Crippen molar-refractivity contribution in [2.75, 3.05) is 0 Å². The van der Waals surface area contributed by atoms with Crippen molar-refractivity contribution in [1.82, 2.24) is 4.98 Å². The molecule has 0 aliphatic rings. The molecule has 0 saturated heterocycles. The van der Waals surface area contributed by atoms with Crippen LogP contribution in [0.5, 0.6) is 0 Å². The van der Waals surface area contributed by atoms with Crippen LogP contribution in [-0.2, 0) is 6.42 Å². The van der Waals surface area contributed by atoms with Gasteiger partial charge in [-0.3, -0.25) is 4.98 Å². The molecule has 2 rings (SSSR count). The number of aromatic nitrogens is 1. The maximum atomic E-state index is 10.2. The summed E-state index contributed by atoms with van der Waals surface area (Å²) in [5.41, 5.74) is 1.91. The van der Waals surface area contributed by atoms with Crippen LogP contribution < -0.4 is 0 Å². The van der Waals surface area contributed by atoms with E-state index in [4.69, 9.17) is 0 Å². The first-order valence-electron chi connectivity index (χ1n) is 4.78. The van der Waals surface area contributed by atoms with Gasteiger partial charge in [-0.25, -0.2) is 0 Å². The lowest BCUT2D eigenvalue weighted by Crippen LogP contribution is -2.01. The van der Waals surface area contributed by atoms with Gasteiger partial charge < -0.3 is 5.11 Å². The molecule has 0 spiro atoms. The van der Waals surface area contributed by atoms with Crippen LogP contribution in [0.25, 0.3) is 0 Å². The number of pyridine rings is 1.